The van der Waals surface area contributed by atoms with Crippen LogP contribution in [0.3, 0.4) is 0 Å². The summed E-state index contributed by atoms with van der Waals surface area (Å²) in [4.78, 5) is 16.3. The molecule has 0 aliphatic carbocycles. The number of pyridine rings is 1. The van der Waals surface area contributed by atoms with Gasteiger partial charge in [0.2, 0.25) is 18.0 Å². The van der Waals surface area contributed by atoms with Crippen LogP contribution in [-0.2, 0) is 16.1 Å². The molecule has 7 heteroatoms. The van der Waals surface area contributed by atoms with Crippen LogP contribution >= 0.6 is 15.9 Å². The first-order valence-electron chi connectivity index (χ1n) is 9.03. The molecule has 3 aromatic rings. The molecule has 1 aliphatic rings. The third-order valence-electron chi connectivity index (χ3n) is 4.37. The molecular formula is C22H18BrN3O3. The van der Waals surface area contributed by atoms with Gasteiger partial charge in [0.1, 0.15) is 12.4 Å². The van der Waals surface area contributed by atoms with Crippen molar-refractivity contribution in [2.75, 3.05) is 0 Å². The Balaban J connectivity index is 1.59. The Morgan fingerprint density at radius 2 is 1.93 bits per heavy atom. The molecule has 146 valence electrons. The molecule has 1 unspecified atom stereocenters. The van der Waals surface area contributed by atoms with Crippen LogP contribution in [0.1, 0.15) is 29.8 Å². The van der Waals surface area contributed by atoms with Crippen molar-refractivity contribution >= 4 is 27.7 Å². The molecule has 1 aliphatic heterocycles. The molecule has 0 spiro atoms. The average Bonchev–Trinajstić information content (AvgIpc) is 3.20. The molecule has 0 radical (unpaired) electrons. The highest BCUT2D eigenvalue weighted by Gasteiger charge is 2.35. The number of benzene rings is 2. The topological polar surface area (TPSA) is 64.0 Å². The summed E-state index contributed by atoms with van der Waals surface area (Å²) in [6.45, 7) is 1.85. The van der Waals surface area contributed by atoms with Gasteiger partial charge in [-0.1, -0.05) is 40.2 Å². The Kier molecular flexibility index (Phi) is 5.57. The molecule has 2 heterocycles. The highest BCUT2D eigenvalue weighted by molar-refractivity contribution is 9.10. The summed E-state index contributed by atoms with van der Waals surface area (Å²) in [6.07, 6.45) is 2.61. The molecule has 1 atom stereocenters. The summed E-state index contributed by atoms with van der Waals surface area (Å²) in [5.41, 5.74) is 2.46. The van der Waals surface area contributed by atoms with Gasteiger partial charge >= 0.3 is 0 Å². The van der Waals surface area contributed by atoms with E-state index in [1.807, 2.05) is 54.6 Å². The lowest BCUT2D eigenvalue weighted by molar-refractivity contribution is -0.135. The van der Waals surface area contributed by atoms with Gasteiger partial charge in [-0.2, -0.15) is 5.01 Å². The molecule has 4 rings (SSSR count). The lowest BCUT2D eigenvalue weighted by Gasteiger charge is -2.22. The van der Waals surface area contributed by atoms with Crippen LogP contribution < -0.4 is 4.74 Å². The number of rotatable bonds is 5. The van der Waals surface area contributed by atoms with Crippen molar-refractivity contribution in [3.63, 3.8) is 0 Å². The van der Waals surface area contributed by atoms with Gasteiger partial charge in [0.05, 0.1) is 11.1 Å². The second-order valence-electron chi connectivity index (χ2n) is 6.43. The zero-order valence-corrected chi connectivity index (χ0v) is 17.2. The lowest BCUT2D eigenvalue weighted by Crippen LogP contribution is -2.25. The fraction of sp³-hybridized carbons (Fsp3) is 0.136. The fourth-order valence-corrected chi connectivity index (χ4v) is 3.20. The van der Waals surface area contributed by atoms with Gasteiger partial charge < -0.3 is 9.47 Å². The minimum atomic E-state index is -0.705. The summed E-state index contributed by atoms with van der Waals surface area (Å²) in [5, 5.41) is 5.69. The predicted octanol–water partition coefficient (Wildman–Crippen LogP) is 4.66. The second-order valence-corrected chi connectivity index (χ2v) is 7.35. The molecule has 1 aromatic heterocycles. The monoisotopic (exact) mass is 451 g/mol. The van der Waals surface area contributed by atoms with Crippen LogP contribution in [-0.4, -0.2) is 21.8 Å². The van der Waals surface area contributed by atoms with E-state index in [2.05, 4.69) is 26.0 Å². The van der Waals surface area contributed by atoms with Crippen molar-refractivity contribution < 1.29 is 14.3 Å². The van der Waals surface area contributed by atoms with Gasteiger partial charge in [-0.25, -0.2) is 0 Å². The molecule has 29 heavy (non-hydrogen) atoms. The molecule has 1 amide bonds. The maximum Gasteiger partial charge on any atom is 0.243 e. The van der Waals surface area contributed by atoms with Crippen LogP contribution in [0.2, 0.25) is 0 Å². The normalized spacial score (nSPS) is 15.6. The lowest BCUT2D eigenvalue weighted by atomic mass is 10.1. The smallest absolute Gasteiger partial charge is 0.243 e. The third-order valence-corrected chi connectivity index (χ3v) is 4.90. The van der Waals surface area contributed by atoms with E-state index >= 15 is 0 Å². The maximum absolute atomic E-state index is 12.2. The maximum atomic E-state index is 12.2. The number of hydrogen-bond acceptors (Lipinski definition) is 5. The Morgan fingerprint density at radius 3 is 2.66 bits per heavy atom. The molecule has 0 fully saturated rings. The standard InChI is InChI=1S/C22H18BrN3O3/c1-15(27)26-22(29-21(25-26)17-5-4-12-24-13-17)19-6-2-3-7-20(19)28-14-16-8-10-18(23)11-9-16/h2-13,22H,14H2,1H3. The summed E-state index contributed by atoms with van der Waals surface area (Å²) < 4.78 is 13.1. The van der Waals surface area contributed by atoms with Crippen LogP contribution in [0.25, 0.3) is 0 Å². The molecule has 0 bridgehead atoms. The first kappa shape index (κ1) is 19.1. The number of aromatic nitrogens is 1. The number of halogens is 1. The minimum Gasteiger partial charge on any atom is -0.488 e. The van der Waals surface area contributed by atoms with Crippen molar-refractivity contribution in [1.29, 1.82) is 0 Å². The number of hydrazone groups is 1. The predicted molar refractivity (Wildman–Crippen MR) is 112 cm³/mol. The van der Waals surface area contributed by atoms with Crippen molar-refractivity contribution in [2.45, 2.75) is 19.8 Å². The Morgan fingerprint density at radius 1 is 1.14 bits per heavy atom. The van der Waals surface area contributed by atoms with E-state index in [-0.39, 0.29) is 5.91 Å². The quantitative estimate of drug-likeness (QED) is 0.565. The van der Waals surface area contributed by atoms with Crippen LogP contribution in [0, 0.1) is 0 Å². The molecule has 0 N–H and O–H groups in total. The number of carbonyl (C=O) groups excluding carboxylic acids is 1. The highest BCUT2D eigenvalue weighted by atomic mass is 79.9. The highest BCUT2D eigenvalue weighted by Crippen LogP contribution is 2.35. The second kappa shape index (κ2) is 8.45. The fourth-order valence-electron chi connectivity index (χ4n) is 2.93. The van der Waals surface area contributed by atoms with Gasteiger partial charge in [-0.3, -0.25) is 9.78 Å². The molecule has 2 aromatic carbocycles. The number of ether oxygens (including phenoxy) is 2. The Labute approximate surface area is 176 Å². The van der Waals surface area contributed by atoms with Gasteiger partial charge in [-0.15, -0.1) is 5.10 Å². The van der Waals surface area contributed by atoms with E-state index in [0.717, 1.165) is 15.6 Å². The number of para-hydroxylation sites is 1. The van der Waals surface area contributed by atoms with E-state index in [1.54, 1.807) is 18.5 Å². The van der Waals surface area contributed by atoms with Gasteiger partial charge in [0, 0.05) is 23.8 Å². The minimum absolute atomic E-state index is 0.225. The molecular weight excluding hydrogens is 434 g/mol. The van der Waals surface area contributed by atoms with E-state index in [4.69, 9.17) is 9.47 Å². The Bertz CT molecular complexity index is 1040. The average molecular weight is 452 g/mol. The van der Waals surface area contributed by atoms with E-state index in [1.165, 1.54) is 11.9 Å². The third kappa shape index (κ3) is 4.30. The van der Waals surface area contributed by atoms with Crippen LogP contribution in [0.4, 0.5) is 0 Å². The van der Waals surface area contributed by atoms with Crippen molar-refractivity contribution in [1.82, 2.24) is 9.99 Å². The summed E-state index contributed by atoms with van der Waals surface area (Å²) >= 11 is 3.43. The van der Waals surface area contributed by atoms with E-state index < -0.39 is 6.23 Å². The largest absolute Gasteiger partial charge is 0.488 e. The molecule has 0 saturated carbocycles. The van der Waals surface area contributed by atoms with E-state index in [9.17, 15) is 4.79 Å². The Hall–Kier alpha value is -3.19. The summed E-state index contributed by atoms with van der Waals surface area (Å²) in [6, 6.07) is 19.0. The van der Waals surface area contributed by atoms with Crippen LogP contribution in [0.5, 0.6) is 5.75 Å². The van der Waals surface area contributed by atoms with Crippen molar-refractivity contribution in [3.05, 3.63) is 94.2 Å². The van der Waals surface area contributed by atoms with Crippen LogP contribution in [0.15, 0.2) is 82.6 Å². The van der Waals surface area contributed by atoms with Crippen molar-refractivity contribution in [3.8, 4) is 5.75 Å². The van der Waals surface area contributed by atoms with Gasteiger partial charge in [-0.05, 0) is 42.0 Å². The first-order valence-corrected chi connectivity index (χ1v) is 9.83. The number of carbonyl (C=O) groups is 1. The summed E-state index contributed by atoms with van der Waals surface area (Å²) in [5.74, 6) is 0.756. The molecule has 0 saturated heterocycles. The van der Waals surface area contributed by atoms with Gasteiger partial charge in [0.25, 0.3) is 0 Å². The van der Waals surface area contributed by atoms with Gasteiger partial charge in [0.15, 0.2) is 0 Å². The van der Waals surface area contributed by atoms with Crippen molar-refractivity contribution in [2.24, 2.45) is 5.10 Å². The number of nitrogens with zero attached hydrogens (tertiary/aromatic N) is 3. The SMILES string of the molecule is CC(=O)N1N=C(c2cccnc2)OC1c1ccccc1OCc1ccc(Br)cc1. The number of hydrogen-bond donors (Lipinski definition) is 0. The molecule has 6 nitrogen and oxygen atoms in total. The first-order chi connectivity index (χ1) is 14.1. The number of amides is 1. The zero-order chi connectivity index (χ0) is 20.2. The summed E-state index contributed by atoms with van der Waals surface area (Å²) in [7, 11) is 0. The van der Waals surface area contributed by atoms with E-state index in [0.29, 0.717) is 23.8 Å². The zero-order valence-electron chi connectivity index (χ0n) is 15.7.